The molecule has 0 spiro atoms. The lowest BCUT2D eigenvalue weighted by molar-refractivity contribution is -0.167. The summed E-state index contributed by atoms with van der Waals surface area (Å²) in [6.45, 7) is 6.37. The quantitative estimate of drug-likeness (QED) is 0.0261. The average Bonchev–Trinajstić information content (AvgIpc) is 3.47. The summed E-state index contributed by atoms with van der Waals surface area (Å²) >= 11 is 0. The van der Waals surface area contributed by atoms with E-state index in [4.69, 9.17) is 14.2 Å². The number of ether oxygens (including phenoxy) is 3. The molecule has 0 aromatic rings. The number of hydrogen-bond donors (Lipinski definition) is 0. The molecular weight excluding hydrogens is 997 g/mol. The number of esters is 3. The number of carbonyl (C=O) groups excluding carboxylic acids is 3. The van der Waals surface area contributed by atoms with Crippen molar-refractivity contribution in [1.82, 2.24) is 0 Å². The summed E-state index contributed by atoms with van der Waals surface area (Å²) in [5.74, 6) is -0.926. The Morgan fingerprint density at radius 1 is 0.259 bits per heavy atom. The summed E-state index contributed by atoms with van der Waals surface area (Å²) in [5.41, 5.74) is 0. The first-order valence-electron chi connectivity index (χ1n) is 33.3. The highest BCUT2D eigenvalue weighted by Gasteiger charge is 2.19. The lowest BCUT2D eigenvalue weighted by atomic mass is 10.1. The Morgan fingerprint density at radius 2 is 0.481 bits per heavy atom. The van der Waals surface area contributed by atoms with Gasteiger partial charge in [0.2, 0.25) is 0 Å². The van der Waals surface area contributed by atoms with Crippen LogP contribution in [-0.4, -0.2) is 37.2 Å². The summed E-state index contributed by atoms with van der Waals surface area (Å²) in [6.07, 6.45) is 97.0. The fourth-order valence-corrected chi connectivity index (χ4v) is 8.88. The van der Waals surface area contributed by atoms with Crippen molar-refractivity contribution in [1.29, 1.82) is 0 Å². The molecule has 0 heterocycles. The molecule has 0 saturated heterocycles. The highest BCUT2D eigenvalue weighted by molar-refractivity contribution is 5.71. The van der Waals surface area contributed by atoms with Gasteiger partial charge in [-0.1, -0.05) is 276 Å². The van der Waals surface area contributed by atoms with Crippen LogP contribution in [0.1, 0.15) is 290 Å². The molecule has 0 amide bonds. The van der Waals surface area contributed by atoms with Crippen LogP contribution in [0.3, 0.4) is 0 Å². The lowest BCUT2D eigenvalue weighted by Crippen LogP contribution is -2.30. The van der Waals surface area contributed by atoms with Crippen LogP contribution in [-0.2, 0) is 28.6 Å². The first kappa shape index (κ1) is 76.3. The molecule has 6 nitrogen and oxygen atoms in total. The molecule has 0 aliphatic rings. The molecule has 0 aliphatic carbocycles. The van der Waals surface area contributed by atoms with Gasteiger partial charge in [0.05, 0.1) is 0 Å². The second kappa shape index (κ2) is 67.8. The zero-order chi connectivity index (χ0) is 58.5. The van der Waals surface area contributed by atoms with Crippen LogP contribution in [0.5, 0.6) is 0 Å². The van der Waals surface area contributed by atoms with Crippen LogP contribution in [0.25, 0.3) is 0 Å². The standard InChI is InChI=1S/C75H122O6/c1-4-7-10-13-16-19-22-25-28-31-34-35-36-37-38-39-42-44-47-50-53-56-59-62-65-68-74(77)80-71-72(81-75(78)69-66-63-60-57-54-51-48-45-41-33-30-27-24-21-18-15-12-9-6-3)70-79-73(76)67-64-61-58-55-52-49-46-43-40-32-29-26-23-20-17-14-11-8-5-2/h7,9-10,12,16-21,25-30,34-35,37-38,41-42,44-45,72H,4-6,8,11,13-15,22-24,31-33,36,39-40,43,46-71H2,1-3H3/b10-7-,12-9-,19-16-,20-17-,21-18-,28-25-,29-26-,30-27-,35-34-,38-37-,44-42-,45-41-. The minimum atomic E-state index is -0.803. The number of allylic oxidation sites excluding steroid dienone is 24. The van der Waals surface area contributed by atoms with Crippen molar-refractivity contribution in [3.8, 4) is 0 Å². The molecule has 81 heavy (non-hydrogen) atoms. The third-order valence-corrected chi connectivity index (χ3v) is 13.8. The van der Waals surface area contributed by atoms with Gasteiger partial charge in [0.1, 0.15) is 13.2 Å². The average molecular weight is 1120 g/mol. The summed E-state index contributed by atoms with van der Waals surface area (Å²) in [4.78, 5) is 38.4. The van der Waals surface area contributed by atoms with Crippen molar-refractivity contribution in [2.45, 2.75) is 297 Å². The summed E-state index contributed by atoms with van der Waals surface area (Å²) in [5, 5.41) is 0. The van der Waals surface area contributed by atoms with Crippen molar-refractivity contribution < 1.29 is 28.6 Å². The van der Waals surface area contributed by atoms with Crippen LogP contribution >= 0.6 is 0 Å². The molecule has 0 bridgehead atoms. The molecule has 1 atom stereocenters. The van der Waals surface area contributed by atoms with Gasteiger partial charge in [0.25, 0.3) is 0 Å². The number of rotatable bonds is 59. The highest BCUT2D eigenvalue weighted by atomic mass is 16.6. The van der Waals surface area contributed by atoms with E-state index in [-0.39, 0.29) is 31.1 Å². The van der Waals surface area contributed by atoms with E-state index in [0.29, 0.717) is 19.3 Å². The summed E-state index contributed by atoms with van der Waals surface area (Å²) < 4.78 is 16.9. The molecule has 6 heteroatoms. The normalized spacial score (nSPS) is 13.1. The molecule has 0 aromatic carbocycles. The molecule has 0 fully saturated rings. The van der Waals surface area contributed by atoms with Gasteiger partial charge in [-0.15, -0.1) is 0 Å². The second-order valence-corrected chi connectivity index (χ2v) is 21.6. The molecule has 0 radical (unpaired) electrons. The Hall–Kier alpha value is -4.71. The molecule has 0 aliphatic heterocycles. The van der Waals surface area contributed by atoms with Crippen molar-refractivity contribution in [3.05, 3.63) is 146 Å². The van der Waals surface area contributed by atoms with Gasteiger partial charge in [-0.3, -0.25) is 14.4 Å². The van der Waals surface area contributed by atoms with Gasteiger partial charge in [0.15, 0.2) is 6.10 Å². The Labute approximate surface area is 499 Å². The van der Waals surface area contributed by atoms with Gasteiger partial charge in [0, 0.05) is 19.3 Å². The number of hydrogen-bond acceptors (Lipinski definition) is 6. The minimum absolute atomic E-state index is 0.0956. The van der Waals surface area contributed by atoms with E-state index >= 15 is 0 Å². The second-order valence-electron chi connectivity index (χ2n) is 21.6. The smallest absolute Gasteiger partial charge is 0.306 e. The van der Waals surface area contributed by atoms with Crippen LogP contribution in [0.4, 0.5) is 0 Å². The van der Waals surface area contributed by atoms with E-state index in [1.54, 1.807) is 0 Å². The first-order chi connectivity index (χ1) is 40.0. The van der Waals surface area contributed by atoms with E-state index in [2.05, 4.69) is 167 Å². The maximum Gasteiger partial charge on any atom is 0.306 e. The van der Waals surface area contributed by atoms with E-state index in [1.165, 1.54) is 96.3 Å². The Morgan fingerprint density at radius 3 is 0.753 bits per heavy atom. The maximum atomic E-state index is 12.9. The monoisotopic (exact) mass is 1120 g/mol. The molecule has 458 valence electrons. The lowest BCUT2D eigenvalue weighted by Gasteiger charge is -2.18. The predicted octanol–water partition coefficient (Wildman–Crippen LogP) is 23.1. The van der Waals surface area contributed by atoms with Gasteiger partial charge in [-0.05, 0) is 141 Å². The predicted molar refractivity (Wildman–Crippen MR) is 352 cm³/mol. The molecule has 0 saturated carbocycles. The van der Waals surface area contributed by atoms with Crippen molar-refractivity contribution in [2.24, 2.45) is 0 Å². The van der Waals surface area contributed by atoms with Crippen LogP contribution in [0, 0.1) is 0 Å². The summed E-state index contributed by atoms with van der Waals surface area (Å²) in [7, 11) is 0. The van der Waals surface area contributed by atoms with Crippen LogP contribution in [0.2, 0.25) is 0 Å². The largest absolute Gasteiger partial charge is 0.462 e. The van der Waals surface area contributed by atoms with Gasteiger partial charge < -0.3 is 14.2 Å². The fourth-order valence-electron chi connectivity index (χ4n) is 8.88. The maximum absolute atomic E-state index is 12.9. The van der Waals surface area contributed by atoms with Gasteiger partial charge in [-0.25, -0.2) is 0 Å². The zero-order valence-electron chi connectivity index (χ0n) is 52.5. The summed E-state index contributed by atoms with van der Waals surface area (Å²) in [6, 6.07) is 0. The van der Waals surface area contributed by atoms with Gasteiger partial charge in [-0.2, -0.15) is 0 Å². The fraction of sp³-hybridized carbons (Fsp3) is 0.640. The first-order valence-corrected chi connectivity index (χ1v) is 33.3. The highest BCUT2D eigenvalue weighted by Crippen LogP contribution is 2.15. The molecule has 0 rings (SSSR count). The molecule has 1 unspecified atom stereocenters. The van der Waals surface area contributed by atoms with E-state index < -0.39 is 6.10 Å². The van der Waals surface area contributed by atoms with E-state index in [0.717, 1.165) is 154 Å². The Bertz CT molecular complexity index is 1760. The zero-order valence-corrected chi connectivity index (χ0v) is 52.5. The number of unbranched alkanes of at least 4 members (excludes halogenated alkanes) is 24. The Kier molecular flexibility index (Phi) is 63.9. The number of carbonyl (C=O) groups is 3. The van der Waals surface area contributed by atoms with Crippen molar-refractivity contribution >= 4 is 17.9 Å². The van der Waals surface area contributed by atoms with Crippen LogP contribution < -0.4 is 0 Å². The van der Waals surface area contributed by atoms with Crippen molar-refractivity contribution in [2.75, 3.05) is 13.2 Å². The third-order valence-electron chi connectivity index (χ3n) is 13.8. The van der Waals surface area contributed by atoms with Crippen LogP contribution in [0.15, 0.2) is 146 Å². The topological polar surface area (TPSA) is 78.9 Å². The van der Waals surface area contributed by atoms with Crippen molar-refractivity contribution in [3.63, 3.8) is 0 Å². The van der Waals surface area contributed by atoms with E-state index in [9.17, 15) is 14.4 Å². The third kappa shape index (κ3) is 66.0. The Balaban J connectivity index is 4.46. The molecule has 0 N–H and O–H groups in total. The molecule has 0 aromatic heterocycles. The molecular formula is C75H122O6. The van der Waals surface area contributed by atoms with E-state index in [1.807, 2.05) is 0 Å². The minimum Gasteiger partial charge on any atom is -0.462 e. The SMILES string of the molecule is CC/C=C\C/C=C\C/C=C\C/C=C\C/C=C\C/C=C\CCCCCCCCC(=O)OCC(COC(=O)CCCCCCCCCCC/C=C\C/C=C\CCCCC)OC(=O)CCCCCCCC/C=C\C/C=C\C/C=C\C/C=C\CC. The van der Waals surface area contributed by atoms with Gasteiger partial charge >= 0.3 is 17.9 Å².